The fourth-order valence-electron chi connectivity index (χ4n) is 2.72. The van der Waals surface area contributed by atoms with Gasteiger partial charge in [0.2, 0.25) is 0 Å². The molecule has 0 atom stereocenters. The summed E-state index contributed by atoms with van der Waals surface area (Å²) in [5.41, 5.74) is 5.38. The fourth-order valence-corrected chi connectivity index (χ4v) is 3.36. The summed E-state index contributed by atoms with van der Waals surface area (Å²) in [7, 11) is 0. The second-order valence-electron chi connectivity index (χ2n) is 5.59. The highest BCUT2D eigenvalue weighted by Crippen LogP contribution is 2.29. The van der Waals surface area contributed by atoms with Crippen LogP contribution in [0.25, 0.3) is 16.9 Å². The number of hydrogen-bond donors (Lipinski definition) is 1. The molecule has 2 heterocycles. The van der Waals surface area contributed by atoms with Gasteiger partial charge in [-0.05, 0) is 46.5 Å². The van der Waals surface area contributed by atoms with Crippen molar-refractivity contribution in [2.45, 2.75) is 26.7 Å². The second-order valence-corrected chi connectivity index (χ2v) is 6.44. The minimum Gasteiger partial charge on any atom is -0.481 e. The molecule has 0 bridgehead atoms. The van der Waals surface area contributed by atoms with Gasteiger partial charge in [-0.15, -0.1) is 0 Å². The van der Waals surface area contributed by atoms with Gasteiger partial charge >= 0.3 is 5.97 Å². The van der Waals surface area contributed by atoms with Crippen molar-refractivity contribution in [3.63, 3.8) is 0 Å². The number of carboxylic acids is 1. The Balaban J connectivity index is 2.25. The molecule has 0 aliphatic carbocycles. The van der Waals surface area contributed by atoms with Gasteiger partial charge in [-0.2, -0.15) is 0 Å². The number of carbonyl (C=O) groups is 1. The van der Waals surface area contributed by atoms with Crippen LogP contribution < -0.4 is 0 Å². The van der Waals surface area contributed by atoms with Gasteiger partial charge in [0.05, 0.1) is 22.3 Å². The van der Waals surface area contributed by atoms with Crippen LogP contribution in [0.3, 0.4) is 0 Å². The number of hydrogen-bond acceptors (Lipinski definition) is 2. The Labute approximate surface area is 142 Å². The summed E-state index contributed by atoms with van der Waals surface area (Å²) in [4.78, 5) is 16.0. The molecule has 0 spiro atoms. The van der Waals surface area contributed by atoms with E-state index in [0.717, 1.165) is 33.4 Å². The lowest BCUT2D eigenvalue weighted by Crippen LogP contribution is -2.05. The molecule has 2 aromatic heterocycles. The van der Waals surface area contributed by atoms with Crippen LogP contribution in [0.15, 0.2) is 41.0 Å². The van der Waals surface area contributed by atoms with Crippen LogP contribution in [0.1, 0.15) is 23.7 Å². The molecule has 0 fully saturated rings. The highest BCUT2D eigenvalue weighted by molar-refractivity contribution is 9.10. The topological polar surface area (TPSA) is 54.6 Å². The van der Waals surface area contributed by atoms with E-state index in [4.69, 9.17) is 0 Å². The molecule has 0 radical (unpaired) electrons. The molecule has 5 heteroatoms. The third kappa shape index (κ3) is 3.01. The molecule has 118 valence electrons. The zero-order valence-corrected chi connectivity index (χ0v) is 14.6. The largest absolute Gasteiger partial charge is 0.481 e. The lowest BCUT2D eigenvalue weighted by molar-refractivity contribution is -0.136. The lowest BCUT2D eigenvalue weighted by Gasteiger charge is -2.05. The SMILES string of the molecule is CCc1ccc(-c2nc3c(Br)cc(C)cn3c2CC(=O)O)cc1. The summed E-state index contributed by atoms with van der Waals surface area (Å²) in [5.74, 6) is -0.865. The maximum Gasteiger partial charge on any atom is 0.309 e. The minimum atomic E-state index is -0.865. The Kier molecular flexibility index (Phi) is 4.22. The third-order valence-electron chi connectivity index (χ3n) is 3.87. The normalized spacial score (nSPS) is 11.1. The van der Waals surface area contributed by atoms with Crippen LogP contribution >= 0.6 is 15.9 Å². The van der Waals surface area contributed by atoms with E-state index in [1.165, 1.54) is 5.56 Å². The maximum atomic E-state index is 11.3. The van der Waals surface area contributed by atoms with Crippen molar-refractivity contribution >= 4 is 27.5 Å². The zero-order chi connectivity index (χ0) is 16.6. The van der Waals surface area contributed by atoms with Crippen molar-refractivity contribution in [1.29, 1.82) is 0 Å². The molecule has 0 aliphatic rings. The number of aliphatic carboxylic acids is 1. The summed E-state index contributed by atoms with van der Waals surface area (Å²) in [6.45, 7) is 4.08. The number of pyridine rings is 1. The van der Waals surface area contributed by atoms with Gasteiger partial charge in [0.1, 0.15) is 0 Å². The Morgan fingerprint density at radius 3 is 2.61 bits per heavy atom. The molecule has 23 heavy (non-hydrogen) atoms. The maximum absolute atomic E-state index is 11.3. The van der Waals surface area contributed by atoms with Crippen molar-refractivity contribution < 1.29 is 9.90 Å². The molecule has 3 rings (SSSR count). The number of benzene rings is 1. The first kappa shape index (κ1) is 15.7. The monoisotopic (exact) mass is 372 g/mol. The van der Waals surface area contributed by atoms with Crippen LogP contribution in [-0.2, 0) is 17.6 Å². The third-order valence-corrected chi connectivity index (χ3v) is 4.45. The number of carboxylic acid groups (broad SMARTS) is 1. The second kappa shape index (κ2) is 6.16. The molecule has 0 amide bonds. The highest BCUT2D eigenvalue weighted by Gasteiger charge is 2.18. The van der Waals surface area contributed by atoms with Crippen molar-refractivity contribution in [3.8, 4) is 11.3 Å². The van der Waals surface area contributed by atoms with E-state index in [1.807, 2.05) is 35.7 Å². The van der Waals surface area contributed by atoms with Gasteiger partial charge in [0.15, 0.2) is 5.65 Å². The van der Waals surface area contributed by atoms with Gasteiger partial charge in [0, 0.05) is 11.8 Å². The van der Waals surface area contributed by atoms with E-state index in [0.29, 0.717) is 5.69 Å². The first-order valence-corrected chi connectivity index (χ1v) is 8.27. The molecule has 0 aliphatic heterocycles. The van der Waals surface area contributed by atoms with E-state index in [-0.39, 0.29) is 6.42 Å². The van der Waals surface area contributed by atoms with Crippen molar-refractivity contribution in [1.82, 2.24) is 9.38 Å². The molecular formula is C18H17BrN2O2. The summed E-state index contributed by atoms with van der Waals surface area (Å²) >= 11 is 3.53. The van der Waals surface area contributed by atoms with Crippen LogP contribution in [0.5, 0.6) is 0 Å². The van der Waals surface area contributed by atoms with Gasteiger partial charge in [0.25, 0.3) is 0 Å². The molecule has 0 saturated heterocycles. The van der Waals surface area contributed by atoms with Gasteiger partial charge < -0.3 is 9.51 Å². The van der Waals surface area contributed by atoms with Gasteiger partial charge in [-0.3, -0.25) is 4.79 Å². The summed E-state index contributed by atoms with van der Waals surface area (Å²) in [6, 6.07) is 10.1. The van der Waals surface area contributed by atoms with Crippen LogP contribution in [0.2, 0.25) is 0 Å². The standard InChI is InChI=1S/C18H17BrN2O2/c1-3-12-4-6-13(7-5-12)17-15(9-16(22)23)21-10-11(2)8-14(19)18(21)20-17/h4-8,10H,3,9H2,1-2H3,(H,22,23). The molecule has 4 nitrogen and oxygen atoms in total. The van der Waals surface area contributed by atoms with Gasteiger partial charge in [-0.25, -0.2) is 4.98 Å². The zero-order valence-electron chi connectivity index (χ0n) is 13.0. The number of imidazole rings is 1. The first-order chi connectivity index (χ1) is 11.0. The predicted molar refractivity (Wildman–Crippen MR) is 93.8 cm³/mol. The minimum absolute atomic E-state index is 0.0675. The Bertz CT molecular complexity index is 882. The van der Waals surface area contributed by atoms with Crippen molar-refractivity contribution in [2.75, 3.05) is 0 Å². The number of halogens is 1. The number of nitrogens with zero attached hydrogens (tertiary/aromatic N) is 2. The number of aryl methyl sites for hydroxylation is 2. The number of rotatable bonds is 4. The Morgan fingerprint density at radius 1 is 1.30 bits per heavy atom. The summed E-state index contributed by atoms with van der Waals surface area (Å²) < 4.78 is 2.73. The fraction of sp³-hybridized carbons (Fsp3) is 0.222. The smallest absolute Gasteiger partial charge is 0.309 e. The first-order valence-electron chi connectivity index (χ1n) is 7.47. The number of aromatic nitrogens is 2. The molecule has 0 saturated carbocycles. The molecule has 1 aromatic carbocycles. The van der Waals surface area contributed by atoms with Crippen LogP contribution in [0.4, 0.5) is 0 Å². The van der Waals surface area contributed by atoms with Crippen LogP contribution in [0, 0.1) is 6.92 Å². The van der Waals surface area contributed by atoms with E-state index in [2.05, 4.69) is 40.0 Å². The van der Waals surface area contributed by atoms with E-state index >= 15 is 0 Å². The number of fused-ring (bicyclic) bond motifs is 1. The van der Waals surface area contributed by atoms with E-state index in [9.17, 15) is 9.90 Å². The average Bonchev–Trinajstić information content (AvgIpc) is 2.86. The lowest BCUT2D eigenvalue weighted by atomic mass is 10.1. The van der Waals surface area contributed by atoms with Gasteiger partial charge in [-0.1, -0.05) is 31.2 Å². The predicted octanol–water partition coefficient (Wildman–Crippen LogP) is 4.26. The Morgan fingerprint density at radius 2 is 2.00 bits per heavy atom. The summed E-state index contributed by atoms with van der Waals surface area (Å²) in [6.07, 6.45) is 2.83. The van der Waals surface area contributed by atoms with E-state index in [1.54, 1.807) is 0 Å². The Hall–Kier alpha value is -2.14. The van der Waals surface area contributed by atoms with Crippen molar-refractivity contribution in [2.24, 2.45) is 0 Å². The van der Waals surface area contributed by atoms with E-state index < -0.39 is 5.97 Å². The van der Waals surface area contributed by atoms with Crippen molar-refractivity contribution in [3.05, 3.63) is 57.8 Å². The molecular weight excluding hydrogens is 356 g/mol. The summed E-state index contributed by atoms with van der Waals surface area (Å²) in [5, 5.41) is 9.28. The molecule has 3 aromatic rings. The highest BCUT2D eigenvalue weighted by atomic mass is 79.9. The molecule has 1 N–H and O–H groups in total. The molecule has 0 unspecified atom stereocenters. The average molecular weight is 373 g/mol. The van der Waals surface area contributed by atoms with Crippen LogP contribution in [-0.4, -0.2) is 20.5 Å². The quantitative estimate of drug-likeness (QED) is 0.744.